The van der Waals surface area contributed by atoms with Gasteiger partial charge in [0, 0.05) is 15.7 Å². The van der Waals surface area contributed by atoms with Gasteiger partial charge in [0.25, 0.3) is 5.91 Å². The van der Waals surface area contributed by atoms with Gasteiger partial charge in [-0.25, -0.2) is 0 Å². The minimum Gasteiger partial charge on any atom is -0.332 e. The first-order valence-corrected chi connectivity index (χ1v) is 8.61. The quantitative estimate of drug-likeness (QED) is 0.594. The number of hydrogen-bond acceptors (Lipinski definition) is 2. The number of anilines is 1. The van der Waals surface area contributed by atoms with Gasteiger partial charge in [0.05, 0.1) is 0 Å². The standard InChI is InChI=1S/C19H15BrN2OS/c1-12-5-2-6-13(11-12)21-19(24)22-18(23)16-9-3-8-15-14(16)7-4-10-17(15)20/h2-11H,1H3,(H2,21,22,23,24). The molecule has 2 N–H and O–H groups in total. The minimum atomic E-state index is -0.233. The van der Waals surface area contributed by atoms with Crippen LogP contribution in [-0.4, -0.2) is 11.0 Å². The van der Waals surface area contributed by atoms with E-state index in [1.807, 2.05) is 61.5 Å². The summed E-state index contributed by atoms with van der Waals surface area (Å²) in [5.74, 6) is -0.233. The van der Waals surface area contributed by atoms with Crippen molar-refractivity contribution in [3.63, 3.8) is 0 Å². The van der Waals surface area contributed by atoms with Crippen LogP contribution in [0.15, 0.2) is 65.1 Å². The second-order valence-corrected chi connectivity index (χ2v) is 6.68. The van der Waals surface area contributed by atoms with E-state index in [2.05, 4.69) is 26.6 Å². The molecule has 3 nitrogen and oxygen atoms in total. The Bertz CT molecular complexity index is 940. The molecular formula is C19H15BrN2OS. The van der Waals surface area contributed by atoms with Crippen LogP contribution < -0.4 is 10.6 Å². The number of benzene rings is 3. The summed E-state index contributed by atoms with van der Waals surface area (Å²) in [6, 6.07) is 19.2. The van der Waals surface area contributed by atoms with Crippen LogP contribution in [0.5, 0.6) is 0 Å². The van der Waals surface area contributed by atoms with E-state index in [0.717, 1.165) is 26.5 Å². The zero-order chi connectivity index (χ0) is 17.1. The number of aryl methyl sites for hydroxylation is 1. The fourth-order valence-electron chi connectivity index (χ4n) is 2.53. The zero-order valence-electron chi connectivity index (χ0n) is 13.0. The number of amides is 1. The van der Waals surface area contributed by atoms with Crippen LogP contribution in [0.1, 0.15) is 15.9 Å². The van der Waals surface area contributed by atoms with Crippen LogP contribution in [0.4, 0.5) is 5.69 Å². The molecule has 0 atom stereocenters. The number of hydrogen-bond donors (Lipinski definition) is 2. The Morgan fingerprint density at radius 2 is 1.71 bits per heavy atom. The third kappa shape index (κ3) is 3.63. The second-order valence-electron chi connectivity index (χ2n) is 5.42. The maximum absolute atomic E-state index is 12.6. The molecule has 3 aromatic rings. The van der Waals surface area contributed by atoms with Crippen molar-refractivity contribution in [3.05, 3.63) is 76.3 Å². The van der Waals surface area contributed by atoms with Crippen LogP contribution in [-0.2, 0) is 0 Å². The highest BCUT2D eigenvalue weighted by atomic mass is 79.9. The fourth-order valence-corrected chi connectivity index (χ4v) is 3.23. The van der Waals surface area contributed by atoms with E-state index in [1.165, 1.54) is 0 Å². The molecule has 0 radical (unpaired) electrons. The molecule has 0 fully saturated rings. The van der Waals surface area contributed by atoms with Gasteiger partial charge in [-0.05, 0) is 59.7 Å². The second kappa shape index (κ2) is 7.11. The summed E-state index contributed by atoms with van der Waals surface area (Å²) >= 11 is 8.76. The Morgan fingerprint density at radius 1 is 1.00 bits per heavy atom. The molecule has 3 aromatic carbocycles. The highest BCUT2D eigenvalue weighted by Crippen LogP contribution is 2.26. The SMILES string of the molecule is Cc1cccc(NC(=S)NC(=O)c2cccc3c(Br)cccc23)c1. The number of carbonyl (C=O) groups is 1. The Hall–Kier alpha value is -2.24. The lowest BCUT2D eigenvalue weighted by Gasteiger charge is -2.11. The Kier molecular flexibility index (Phi) is 4.92. The Labute approximate surface area is 154 Å². The molecule has 24 heavy (non-hydrogen) atoms. The molecule has 0 heterocycles. The van der Waals surface area contributed by atoms with Crippen LogP contribution in [0.3, 0.4) is 0 Å². The summed E-state index contributed by atoms with van der Waals surface area (Å²) in [5, 5.41) is 7.92. The summed E-state index contributed by atoms with van der Waals surface area (Å²) in [7, 11) is 0. The lowest BCUT2D eigenvalue weighted by molar-refractivity contribution is 0.0979. The molecule has 0 unspecified atom stereocenters. The Balaban J connectivity index is 1.80. The van der Waals surface area contributed by atoms with Crippen LogP contribution in [0.25, 0.3) is 10.8 Å². The molecule has 5 heteroatoms. The highest BCUT2D eigenvalue weighted by molar-refractivity contribution is 9.10. The van der Waals surface area contributed by atoms with Gasteiger partial charge < -0.3 is 5.32 Å². The molecule has 0 bridgehead atoms. The van der Waals surface area contributed by atoms with E-state index < -0.39 is 0 Å². The molecule has 0 aliphatic heterocycles. The van der Waals surface area contributed by atoms with Crippen molar-refractivity contribution in [1.82, 2.24) is 5.32 Å². The van der Waals surface area contributed by atoms with Crippen molar-refractivity contribution < 1.29 is 4.79 Å². The molecule has 0 aliphatic carbocycles. The largest absolute Gasteiger partial charge is 0.332 e. The van der Waals surface area contributed by atoms with E-state index in [1.54, 1.807) is 6.07 Å². The summed E-state index contributed by atoms with van der Waals surface area (Å²) in [6.07, 6.45) is 0. The van der Waals surface area contributed by atoms with E-state index in [0.29, 0.717) is 5.56 Å². The van der Waals surface area contributed by atoms with Crippen LogP contribution >= 0.6 is 28.1 Å². The molecule has 0 aliphatic rings. The topological polar surface area (TPSA) is 41.1 Å². The normalized spacial score (nSPS) is 10.4. The number of fused-ring (bicyclic) bond motifs is 1. The third-order valence-corrected chi connectivity index (χ3v) is 4.51. The van der Waals surface area contributed by atoms with Gasteiger partial charge in [-0.2, -0.15) is 0 Å². The first kappa shape index (κ1) is 16.6. The number of rotatable bonds is 2. The van der Waals surface area contributed by atoms with Crippen molar-refractivity contribution in [2.24, 2.45) is 0 Å². The predicted octanol–water partition coefficient (Wildman–Crippen LogP) is 5.04. The van der Waals surface area contributed by atoms with Crippen molar-refractivity contribution in [1.29, 1.82) is 0 Å². The summed E-state index contributed by atoms with van der Waals surface area (Å²) in [6.45, 7) is 2.00. The lowest BCUT2D eigenvalue weighted by atomic mass is 10.0. The number of halogens is 1. The van der Waals surface area contributed by atoms with E-state index in [9.17, 15) is 4.79 Å². The molecule has 0 spiro atoms. The van der Waals surface area contributed by atoms with E-state index >= 15 is 0 Å². The third-order valence-electron chi connectivity index (χ3n) is 3.62. The summed E-state index contributed by atoms with van der Waals surface area (Å²) in [5.41, 5.74) is 2.55. The summed E-state index contributed by atoms with van der Waals surface area (Å²) < 4.78 is 0.954. The molecular weight excluding hydrogens is 384 g/mol. The van der Waals surface area contributed by atoms with Gasteiger partial charge in [0.15, 0.2) is 5.11 Å². The fraction of sp³-hybridized carbons (Fsp3) is 0.0526. The van der Waals surface area contributed by atoms with Crippen molar-refractivity contribution >= 4 is 55.6 Å². The lowest BCUT2D eigenvalue weighted by Crippen LogP contribution is -2.34. The van der Waals surface area contributed by atoms with Crippen molar-refractivity contribution in [2.75, 3.05) is 5.32 Å². The molecule has 120 valence electrons. The van der Waals surface area contributed by atoms with E-state index in [-0.39, 0.29) is 11.0 Å². The molecule has 0 saturated carbocycles. The number of nitrogens with one attached hydrogen (secondary N) is 2. The van der Waals surface area contributed by atoms with Gasteiger partial charge in [0.1, 0.15) is 0 Å². The van der Waals surface area contributed by atoms with Crippen molar-refractivity contribution in [3.8, 4) is 0 Å². The minimum absolute atomic E-state index is 0.233. The first-order chi connectivity index (χ1) is 11.5. The van der Waals surface area contributed by atoms with Gasteiger partial charge >= 0.3 is 0 Å². The zero-order valence-corrected chi connectivity index (χ0v) is 15.4. The predicted molar refractivity (Wildman–Crippen MR) is 107 cm³/mol. The van der Waals surface area contributed by atoms with Crippen molar-refractivity contribution in [2.45, 2.75) is 6.92 Å². The smallest absolute Gasteiger partial charge is 0.258 e. The van der Waals surface area contributed by atoms with E-state index in [4.69, 9.17) is 12.2 Å². The van der Waals surface area contributed by atoms with Crippen LogP contribution in [0.2, 0.25) is 0 Å². The average molecular weight is 399 g/mol. The summed E-state index contributed by atoms with van der Waals surface area (Å²) in [4.78, 5) is 12.6. The first-order valence-electron chi connectivity index (χ1n) is 7.41. The number of thiocarbonyl (C=S) groups is 1. The van der Waals surface area contributed by atoms with Gasteiger partial charge in [-0.1, -0.05) is 52.3 Å². The van der Waals surface area contributed by atoms with Gasteiger partial charge in [0.2, 0.25) is 0 Å². The maximum atomic E-state index is 12.6. The average Bonchev–Trinajstić information content (AvgIpc) is 2.54. The highest BCUT2D eigenvalue weighted by Gasteiger charge is 2.12. The van der Waals surface area contributed by atoms with Gasteiger partial charge in [-0.3, -0.25) is 10.1 Å². The van der Waals surface area contributed by atoms with Crippen LogP contribution in [0, 0.1) is 6.92 Å². The molecule has 0 saturated heterocycles. The maximum Gasteiger partial charge on any atom is 0.258 e. The monoisotopic (exact) mass is 398 g/mol. The van der Waals surface area contributed by atoms with Gasteiger partial charge in [-0.15, -0.1) is 0 Å². The number of carbonyl (C=O) groups excluding carboxylic acids is 1. The molecule has 3 rings (SSSR count). The molecule has 0 aromatic heterocycles. The Morgan fingerprint density at radius 3 is 2.50 bits per heavy atom. The molecule has 1 amide bonds.